The molecule has 1 aliphatic carbocycles. The number of halogens is 1. The minimum atomic E-state index is -0.694. The van der Waals surface area contributed by atoms with E-state index in [1.165, 1.54) is 12.4 Å². The Morgan fingerprint density at radius 3 is 2.50 bits per heavy atom. The molecule has 2 unspecified atom stereocenters. The second-order valence-corrected chi connectivity index (χ2v) is 7.67. The first-order valence-electron chi connectivity index (χ1n) is 9.18. The first-order valence-corrected chi connectivity index (χ1v) is 9.55. The summed E-state index contributed by atoms with van der Waals surface area (Å²) in [5.74, 6) is -1.59. The van der Waals surface area contributed by atoms with Crippen LogP contribution >= 0.6 is 11.6 Å². The maximum atomic E-state index is 12.9. The van der Waals surface area contributed by atoms with Crippen LogP contribution < -0.4 is 5.32 Å². The maximum absolute atomic E-state index is 12.9. The zero-order valence-electron chi connectivity index (χ0n) is 16.1. The molecular weight excluding hydrogens is 378 g/mol. The first kappa shape index (κ1) is 20.1. The lowest BCUT2D eigenvalue weighted by Gasteiger charge is -2.16. The predicted molar refractivity (Wildman–Crippen MR) is 106 cm³/mol. The third-order valence-electron chi connectivity index (χ3n) is 5.10. The van der Waals surface area contributed by atoms with Crippen molar-refractivity contribution in [3.05, 3.63) is 57.6 Å². The number of amides is 1. The lowest BCUT2D eigenvalue weighted by atomic mass is 9.86. The molecule has 1 aliphatic rings. The molecule has 1 aromatic carbocycles. The molecule has 0 aliphatic heterocycles. The van der Waals surface area contributed by atoms with Gasteiger partial charge in [0, 0.05) is 18.9 Å². The van der Waals surface area contributed by atoms with E-state index in [1.54, 1.807) is 0 Å². The summed E-state index contributed by atoms with van der Waals surface area (Å²) in [5.41, 5.74) is 4.00. The summed E-state index contributed by atoms with van der Waals surface area (Å²) in [6, 6.07) is 4.00. The number of hydrogen-bond donors (Lipinski definition) is 1. The molecule has 2 atom stereocenters. The van der Waals surface area contributed by atoms with E-state index in [0.717, 1.165) is 22.3 Å². The Hall–Kier alpha value is -2.60. The molecule has 0 spiro atoms. The maximum Gasteiger partial charge on any atom is 0.271 e. The monoisotopic (exact) mass is 399 g/mol. The van der Waals surface area contributed by atoms with E-state index in [1.807, 2.05) is 32.9 Å². The van der Waals surface area contributed by atoms with Gasteiger partial charge in [0.15, 0.2) is 5.78 Å². The summed E-state index contributed by atoms with van der Waals surface area (Å²) in [6.07, 6.45) is 3.29. The first-order chi connectivity index (χ1) is 13.3. The SMILES string of the molecule is Cc1cc(C)c(C2C(=O)CC(CCNC(=O)c3cncc(Cl)n3)C2=O)c(C)c1. The Kier molecular flexibility index (Phi) is 5.89. The third-order valence-corrected chi connectivity index (χ3v) is 5.28. The van der Waals surface area contributed by atoms with Crippen molar-refractivity contribution in [2.24, 2.45) is 5.92 Å². The predicted octanol–water partition coefficient (Wildman–Crippen LogP) is 3.12. The fourth-order valence-electron chi connectivity index (χ4n) is 3.95. The number of carbonyl (C=O) groups excluding carboxylic acids is 3. The molecule has 1 aromatic heterocycles. The van der Waals surface area contributed by atoms with Crippen LogP contribution in [0.5, 0.6) is 0 Å². The molecule has 1 fully saturated rings. The molecule has 3 rings (SSSR count). The summed E-state index contributed by atoms with van der Waals surface area (Å²) in [6.45, 7) is 6.15. The normalized spacial score (nSPS) is 19.1. The van der Waals surface area contributed by atoms with Crippen LogP contribution in [-0.2, 0) is 9.59 Å². The Balaban J connectivity index is 1.65. The molecule has 0 saturated heterocycles. The van der Waals surface area contributed by atoms with Crippen molar-refractivity contribution < 1.29 is 14.4 Å². The van der Waals surface area contributed by atoms with Crippen LogP contribution in [0, 0.1) is 26.7 Å². The van der Waals surface area contributed by atoms with Crippen LogP contribution in [0.4, 0.5) is 0 Å². The minimum absolute atomic E-state index is 0.0444. The van der Waals surface area contributed by atoms with Crippen molar-refractivity contribution in [2.45, 2.75) is 39.5 Å². The largest absolute Gasteiger partial charge is 0.351 e. The molecule has 0 radical (unpaired) electrons. The number of hydrogen-bond acceptors (Lipinski definition) is 5. The van der Waals surface area contributed by atoms with Gasteiger partial charge in [0.25, 0.3) is 5.91 Å². The topological polar surface area (TPSA) is 89.0 Å². The molecule has 6 nitrogen and oxygen atoms in total. The molecule has 0 bridgehead atoms. The fraction of sp³-hybridized carbons (Fsp3) is 0.381. The van der Waals surface area contributed by atoms with Crippen molar-refractivity contribution in [1.29, 1.82) is 0 Å². The van der Waals surface area contributed by atoms with E-state index in [0.29, 0.717) is 6.42 Å². The van der Waals surface area contributed by atoms with E-state index in [4.69, 9.17) is 11.6 Å². The van der Waals surface area contributed by atoms with Crippen molar-refractivity contribution in [1.82, 2.24) is 15.3 Å². The van der Waals surface area contributed by atoms with E-state index in [-0.39, 0.29) is 41.3 Å². The van der Waals surface area contributed by atoms with Crippen molar-refractivity contribution in [3.63, 3.8) is 0 Å². The molecule has 1 saturated carbocycles. The van der Waals surface area contributed by atoms with Gasteiger partial charge >= 0.3 is 0 Å². The summed E-state index contributed by atoms with van der Waals surface area (Å²) in [7, 11) is 0. The van der Waals surface area contributed by atoms with E-state index >= 15 is 0 Å². The van der Waals surface area contributed by atoms with Crippen molar-refractivity contribution in [3.8, 4) is 0 Å². The summed E-state index contributed by atoms with van der Waals surface area (Å²) < 4.78 is 0. The standard InChI is InChI=1S/C21H22ClN3O3/c1-11-6-12(2)18(13(3)7-11)19-16(26)8-14(20(19)27)4-5-24-21(28)15-9-23-10-17(22)25-15/h6-7,9-10,14,19H,4-5,8H2,1-3H3,(H,24,28). The zero-order chi connectivity index (χ0) is 20.4. The molecule has 7 heteroatoms. The summed E-state index contributed by atoms with van der Waals surface area (Å²) >= 11 is 5.74. The third kappa shape index (κ3) is 4.12. The Bertz CT molecular complexity index is 935. The number of nitrogens with one attached hydrogen (secondary N) is 1. The second-order valence-electron chi connectivity index (χ2n) is 7.29. The van der Waals surface area contributed by atoms with Crippen LogP contribution in [-0.4, -0.2) is 34.0 Å². The highest BCUT2D eigenvalue weighted by molar-refractivity contribution is 6.29. The number of ketones is 2. The molecule has 1 N–H and O–H groups in total. The van der Waals surface area contributed by atoms with Gasteiger partial charge in [0.1, 0.15) is 22.5 Å². The average Bonchev–Trinajstić information content (AvgIpc) is 2.89. The molecule has 1 heterocycles. The lowest BCUT2D eigenvalue weighted by molar-refractivity contribution is -0.124. The van der Waals surface area contributed by atoms with Gasteiger partial charge in [-0.05, 0) is 43.9 Å². The van der Waals surface area contributed by atoms with Crippen LogP contribution in [0.2, 0.25) is 5.15 Å². The highest BCUT2D eigenvalue weighted by atomic mass is 35.5. The van der Waals surface area contributed by atoms with E-state index in [2.05, 4.69) is 15.3 Å². The van der Waals surface area contributed by atoms with Crippen molar-refractivity contribution in [2.75, 3.05) is 6.54 Å². The van der Waals surface area contributed by atoms with Crippen LogP contribution in [0.15, 0.2) is 24.5 Å². The lowest BCUT2D eigenvalue weighted by Crippen LogP contribution is -2.28. The van der Waals surface area contributed by atoms with E-state index < -0.39 is 11.8 Å². The average molecular weight is 400 g/mol. The number of aromatic nitrogens is 2. The highest BCUT2D eigenvalue weighted by Crippen LogP contribution is 2.37. The van der Waals surface area contributed by atoms with Gasteiger partial charge in [0.05, 0.1) is 12.4 Å². The van der Waals surface area contributed by atoms with Gasteiger partial charge < -0.3 is 5.32 Å². The second kappa shape index (κ2) is 8.19. The van der Waals surface area contributed by atoms with Gasteiger partial charge in [-0.15, -0.1) is 0 Å². The van der Waals surface area contributed by atoms with Crippen molar-refractivity contribution >= 4 is 29.1 Å². The number of nitrogens with zero attached hydrogens (tertiary/aromatic N) is 2. The highest BCUT2D eigenvalue weighted by Gasteiger charge is 2.42. The smallest absolute Gasteiger partial charge is 0.271 e. The van der Waals surface area contributed by atoms with Gasteiger partial charge in [-0.1, -0.05) is 29.3 Å². The quantitative estimate of drug-likeness (QED) is 0.780. The van der Waals surface area contributed by atoms with Gasteiger partial charge in [-0.2, -0.15) is 0 Å². The fourth-order valence-corrected chi connectivity index (χ4v) is 4.10. The molecule has 1 amide bonds. The Morgan fingerprint density at radius 1 is 1.18 bits per heavy atom. The molecular formula is C21H22ClN3O3. The zero-order valence-corrected chi connectivity index (χ0v) is 16.8. The van der Waals surface area contributed by atoms with E-state index in [9.17, 15) is 14.4 Å². The summed E-state index contributed by atoms with van der Waals surface area (Å²) in [4.78, 5) is 45.3. The van der Waals surface area contributed by atoms with Gasteiger partial charge in [0.2, 0.25) is 0 Å². The number of benzene rings is 1. The van der Waals surface area contributed by atoms with Crippen LogP contribution in [0.1, 0.15) is 51.5 Å². The molecule has 28 heavy (non-hydrogen) atoms. The number of Topliss-reactive ketones (excluding diaryl/α,β-unsaturated/α-hetero) is 2. The van der Waals surface area contributed by atoms with Gasteiger partial charge in [-0.3, -0.25) is 19.4 Å². The number of carbonyl (C=O) groups is 3. The Morgan fingerprint density at radius 2 is 1.86 bits per heavy atom. The van der Waals surface area contributed by atoms with Crippen LogP contribution in [0.25, 0.3) is 0 Å². The number of aryl methyl sites for hydroxylation is 3. The number of rotatable bonds is 5. The Labute approximate surface area is 168 Å². The molecule has 146 valence electrons. The van der Waals surface area contributed by atoms with Crippen LogP contribution in [0.3, 0.4) is 0 Å². The summed E-state index contributed by atoms with van der Waals surface area (Å²) in [5, 5.41) is 2.84. The molecule has 2 aromatic rings. The van der Waals surface area contributed by atoms with Gasteiger partial charge in [-0.25, -0.2) is 4.98 Å². The minimum Gasteiger partial charge on any atom is -0.351 e.